The Morgan fingerprint density at radius 2 is 1.86 bits per heavy atom. The molecule has 0 saturated carbocycles. The van der Waals surface area contributed by atoms with Gasteiger partial charge in [-0.05, 0) is 36.4 Å². The van der Waals surface area contributed by atoms with Crippen LogP contribution in [-0.4, -0.2) is 16.2 Å². The van der Waals surface area contributed by atoms with E-state index in [9.17, 15) is 4.79 Å². The molecule has 0 bridgehead atoms. The molecule has 0 amide bonds. The largest absolute Gasteiger partial charge is 0.511 e. The molecule has 21 heavy (non-hydrogen) atoms. The standard InChI is InChI=1S/C14H8ClNO5/c15-8-1-6-11-12(7-8)21-13(16-11)19-9-2-4-10(5-3-9)20-14(17)18/h1-7H,(H,17,18). The highest BCUT2D eigenvalue weighted by atomic mass is 35.5. The van der Waals surface area contributed by atoms with Crippen LogP contribution in [0.25, 0.3) is 11.1 Å². The Bertz CT molecular complexity index is 797. The third kappa shape index (κ3) is 3.06. The van der Waals surface area contributed by atoms with Crippen molar-refractivity contribution in [1.29, 1.82) is 0 Å². The van der Waals surface area contributed by atoms with Gasteiger partial charge in [0.05, 0.1) is 0 Å². The molecule has 0 fully saturated rings. The molecule has 2 aromatic carbocycles. The first-order valence-corrected chi connectivity index (χ1v) is 6.23. The number of hydrogen-bond acceptors (Lipinski definition) is 5. The molecular formula is C14H8ClNO5. The van der Waals surface area contributed by atoms with Crippen LogP contribution in [0, 0.1) is 0 Å². The van der Waals surface area contributed by atoms with Crippen molar-refractivity contribution in [2.75, 3.05) is 0 Å². The molecule has 7 heteroatoms. The second-order valence-electron chi connectivity index (χ2n) is 4.03. The number of rotatable bonds is 3. The van der Waals surface area contributed by atoms with Gasteiger partial charge in [-0.2, -0.15) is 4.98 Å². The van der Waals surface area contributed by atoms with Crippen molar-refractivity contribution in [3.05, 3.63) is 47.5 Å². The summed E-state index contributed by atoms with van der Waals surface area (Å²) in [5.41, 5.74) is 1.14. The summed E-state index contributed by atoms with van der Waals surface area (Å²) >= 11 is 5.86. The second-order valence-corrected chi connectivity index (χ2v) is 4.47. The van der Waals surface area contributed by atoms with Gasteiger partial charge in [-0.1, -0.05) is 11.6 Å². The fourth-order valence-corrected chi connectivity index (χ4v) is 1.86. The van der Waals surface area contributed by atoms with Crippen molar-refractivity contribution >= 4 is 28.9 Å². The van der Waals surface area contributed by atoms with Gasteiger partial charge in [0.1, 0.15) is 17.0 Å². The zero-order valence-corrected chi connectivity index (χ0v) is 11.2. The van der Waals surface area contributed by atoms with Gasteiger partial charge in [-0.25, -0.2) is 4.79 Å². The number of benzene rings is 2. The average Bonchev–Trinajstić information content (AvgIpc) is 2.82. The lowest BCUT2D eigenvalue weighted by Crippen LogP contribution is -2.02. The van der Waals surface area contributed by atoms with Crippen molar-refractivity contribution in [2.24, 2.45) is 0 Å². The highest BCUT2D eigenvalue weighted by Gasteiger charge is 2.09. The van der Waals surface area contributed by atoms with Gasteiger partial charge >= 0.3 is 12.2 Å². The number of carboxylic acid groups (broad SMARTS) is 1. The summed E-state index contributed by atoms with van der Waals surface area (Å²) in [5.74, 6) is 0.629. The zero-order valence-electron chi connectivity index (χ0n) is 10.4. The van der Waals surface area contributed by atoms with E-state index in [0.717, 1.165) is 0 Å². The molecule has 1 heterocycles. The summed E-state index contributed by atoms with van der Waals surface area (Å²) in [5, 5.41) is 9.03. The van der Waals surface area contributed by atoms with Crippen LogP contribution >= 0.6 is 11.6 Å². The van der Waals surface area contributed by atoms with Crippen molar-refractivity contribution in [3.63, 3.8) is 0 Å². The van der Waals surface area contributed by atoms with Crippen LogP contribution in [0.15, 0.2) is 46.9 Å². The Balaban J connectivity index is 1.79. The van der Waals surface area contributed by atoms with E-state index in [-0.39, 0.29) is 11.8 Å². The fraction of sp³-hybridized carbons (Fsp3) is 0. The Hall–Kier alpha value is -2.73. The highest BCUT2D eigenvalue weighted by molar-refractivity contribution is 6.31. The van der Waals surface area contributed by atoms with Gasteiger partial charge in [0, 0.05) is 11.1 Å². The van der Waals surface area contributed by atoms with Gasteiger partial charge in [-0.3, -0.25) is 0 Å². The molecule has 0 spiro atoms. The molecule has 106 valence electrons. The molecule has 6 nitrogen and oxygen atoms in total. The van der Waals surface area contributed by atoms with E-state index in [4.69, 9.17) is 25.9 Å². The third-order valence-electron chi connectivity index (χ3n) is 2.56. The molecule has 0 aliphatic rings. The molecule has 0 aliphatic carbocycles. The predicted molar refractivity (Wildman–Crippen MR) is 74.2 cm³/mol. The van der Waals surface area contributed by atoms with E-state index >= 15 is 0 Å². The first-order chi connectivity index (χ1) is 10.1. The number of ether oxygens (including phenoxy) is 2. The van der Waals surface area contributed by atoms with Gasteiger partial charge in [0.2, 0.25) is 0 Å². The van der Waals surface area contributed by atoms with Gasteiger partial charge in [-0.15, -0.1) is 0 Å². The Morgan fingerprint density at radius 1 is 1.14 bits per heavy atom. The van der Waals surface area contributed by atoms with Crippen LogP contribution < -0.4 is 9.47 Å². The van der Waals surface area contributed by atoms with Crippen molar-refractivity contribution < 1.29 is 23.8 Å². The van der Waals surface area contributed by atoms with Crippen LogP contribution in [0.1, 0.15) is 0 Å². The smallest absolute Gasteiger partial charge is 0.449 e. The van der Waals surface area contributed by atoms with E-state index in [1.165, 1.54) is 12.1 Å². The van der Waals surface area contributed by atoms with Crippen molar-refractivity contribution in [1.82, 2.24) is 4.98 Å². The molecule has 0 aliphatic heterocycles. The number of oxazole rings is 1. The van der Waals surface area contributed by atoms with E-state index in [1.807, 2.05) is 0 Å². The fourth-order valence-electron chi connectivity index (χ4n) is 1.70. The number of hydrogen-bond donors (Lipinski definition) is 1. The molecule has 3 rings (SSSR count). The second kappa shape index (κ2) is 5.34. The summed E-state index contributed by atoms with van der Waals surface area (Å²) in [7, 11) is 0. The number of nitrogens with zero attached hydrogens (tertiary/aromatic N) is 1. The minimum Gasteiger partial charge on any atom is -0.449 e. The molecule has 1 N–H and O–H groups in total. The summed E-state index contributed by atoms with van der Waals surface area (Å²) in [4.78, 5) is 14.5. The van der Waals surface area contributed by atoms with Crippen LogP contribution in [0.3, 0.4) is 0 Å². The van der Waals surface area contributed by atoms with E-state index in [0.29, 0.717) is 21.9 Å². The number of carbonyl (C=O) groups is 1. The van der Waals surface area contributed by atoms with Gasteiger partial charge < -0.3 is 19.0 Å². The van der Waals surface area contributed by atoms with E-state index in [2.05, 4.69) is 9.72 Å². The Labute approximate surface area is 123 Å². The third-order valence-corrected chi connectivity index (χ3v) is 2.80. The maximum absolute atomic E-state index is 10.4. The van der Waals surface area contributed by atoms with E-state index < -0.39 is 6.16 Å². The summed E-state index contributed by atoms with van der Waals surface area (Å²) in [6, 6.07) is 11.1. The van der Waals surface area contributed by atoms with Crippen LogP contribution in [-0.2, 0) is 0 Å². The minimum absolute atomic E-state index is 0.0687. The molecule has 1 aromatic heterocycles. The zero-order chi connectivity index (χ0) is 14.8. The maximum Gasteiger partial charge on any atom is 0.511 e. The molecule has 0 radical (unpaired) electrons. The first kappa shape index (κ1) is 13.3. The number of aromatic nitrogens is 1. The van der Waals surface area contributed by atoms with E-state index in [1.54, 1.807) is 30.3 Å². The molecule has 0 saturated heterocycles. The molecule has 3 aromatic rings. The van der Waals surface area contributed by atoms with Crippen LogP contribution in [0.4, 0.5) is 4.79 Å². The molecule has 0 atom stereocenters. The molecule has 0 unspecified atom stereocenters. The normalized spacial score (nSPS) is 10.5. The predicted octanol–water partition coefficient (Wildman–Crippen LogP) is 4.33. The lowest BCUT2D eigenvalue weighted by Gasteiger charge is -2.02. The summed E-state index contributed by atoms with van der Waals surface area (Å²) in [6.07, 6.45) is -1.31. The lowest BCUT2D eigenvalue weighted by molar-refractivity contribution is 0.144. The van der Waals surface area contributed by atoms with Crippen LogP contribution in [0.2, 0.25) is 5.02 Å². The maximum atomic E-state index is 10.4. The van der Waals surface area contributed by atoms with Crippen molar-refractivity contribution in [2.45, 2.75) is 0 Å². The highest BCUT2D eigenvalue weighted by Crippen LogP contribution is 2.28. The minimum atomic E-state index is -1.38. The average molecular weight is 306 g/mol. The van der Waals surface area contributed by atoms with Gasteiger partial charge in [0.15, 0.2) is 5.58 Å². The lowest BCUT2D eigenvalue weighted by atomic mass is 10.3. The first-order valence-electron chi connectivity index (χ1n) is 5.85. The Morgan fingerprint density at radius 3 is 2.57 bits per heavy atom. The Kier molecular flexibility index (Phi) is 3.37. The molecular weight excluding hydrogens is 298 g/mol. The monoisotopic (exact) mass is 305 g/mol. The number of fused-ring (bicyclic) bond motifs is 1. The van der Waals surface area contributed by atoms with Gasteiger partial charge in [0.25, 0.3) is 0 Å². The number of halogens is 1. The van der Waals surface area contributed by atoms with Crippen molar-refractivity contribution in [3.8, 4) is 17.6 Å². The topological polar surface area (TPSA) is 81.8 Å². The quantitative estimate of drug-likeness (QED) is 0.573. The van der Waals surface area contributed by atoms with Crippen LogP contribution in [0.5, 0.6) is 17.6 Å². The summed E-state index contributed by atoms with van der Waals surface area (Å²) in [6.45, 7) is 0. The summed E-state index contributed by atoms with van der Waals surface area (Å²) < 4.78 is 15.3. The SMILES string of the molecule is O=C(O)Oc1ccc(Oc2nc3ccc(Cl)cc3o2)cc1.